The van der Waals surface area contributed by atoms with Crippen LogP contribution in [0.5, 0.6) is 0 Å². The van der Waals surface area contributed by atoms with Crippen LogP contribution in [0.2, 0.25) is 0 Å². The number of hydrogen-bond donors (Lipinski definition) is 1. The fourth-order valence-corrected chi connectivity index (χ4v) is 3.10. The molecule has 0 unspecified atom stereocenters. The molecule has 2 fully saturated rings. The van der Waals surface area contributed by atoms with Crippen molar-refractivity contribution < 1.29 is 9.47 Å². The van der Waals surface area contributed by atoms with E-state index >= 15 is 0 Å². The molecule has 9 heteroatoms. The summed E-state index contributed by atoms with van der Waals surface area (Å²) in [6.45, 7) is 7.80. The molecule has 1 N–H and O–H groups in total. The Morgan fingerprint density at radius 2 is 1.46 bits per heavy atom. The third-order valence-corrected chi connectivity index (χ3v) is 4.76. The van der Waals surface area contributed by atoms with Crippen molar-refractivity contribution >= 4 is 24.1 Å². The third kappa shape index (κ3) is 4.55. The van der Waals surface area contributed by atoms with Gasteiger partial charge in [-0.25, -0.2) is 5.43 Å². The highest BCUT2D eigenvalue weighted by Crippen LogP contribution is 2.18. The molecule has 2 aliphatic heterocycles. The van der Waals surface area contributed by atoms with Gasteiger partial charge in [0, 0.05) is 26.2 Å². The van der Waals surface area contributed by atoms with Crippen molar-refractivity contribution in [2.75, 3.05) is 67.8 Å². The van der Waals surface area contributed by atoms with Gasteiger partial charge in [0.2, 0.25) is 17.8 Å². The van der Waals surface area contributed by atoms with Gasteiger partial charge < -0.3 is 19.3 Å². The van der Waals surface area contributed by atoms with Crippen LogP contribution in [0.4, 0.5) is 17.8 Å². The highest BCUT2D eigenvalue weighted by Gasteiger charge is 2.20. The molecule has 2 saturated heterocycles. The normalized spacial score (nSPS) is 17.9. The van der Waals surface area contributed by atoms with Crippen molar-refractivity contribution in [1.82, 2.24) is 15.0 Å². The average molecular weight is 383 g/mol. The minimum atomic E-state index is 0.433. The minimum Gasteiger partial charge on any atom is -0.378 e. The van der Waals surface area contributed by atoms with Crippen LogP contribution in [-0.4, -0.2) is 73.8 Å². The highest BCUT2D eigenvalue weighted by molar-refractivity contribution is 5.81. The van der Waals surface area contributed by atoms with E-state index in [1.54, 1.807) is 6.21 Å². The molecule has 0 amide bonds. The zero-order valence-electron chi connectivity index (χ0n) is 16.0. The molecule has 28 heavy (non-hydrogen) atoms. The van der Waals surface area contributed by atoms with Gasteiger partial charge in [0.1, 0.15) is 0 Å². The lowest BCUT2D eigenvalue weighted by molar-refractivity contribution is 0.121. The van der Waals surface area contributed by atoms with Gasteiger partial charge in [0.05, 0.1) is 32.6 Å². The Hall–Kier alpha value is -2.78. The van der Waals surface area contributed by atoms with Crippen LogP contribution in [0.3, 0.4) is 0 Å². The Kier molecular flexibility index (Phi) is 5.93. The lowest BCUT2D eigenvalue weighted by atomic mass is 10.1. The van der Waals surface area contributed by atoms with Crippen molar-refractivity contribution in [2.45, 2.75) is 6.92 Å². The molecule has 0 bridgehead atoms. The molecule has 1 aromatic carbocycles. The number of aryl methyl sites for hydroxylation is 1. The Labute approximate surface area is 164 Å². The van der Waals surface area contributed by atoms with E-state index in [2.05, 4.69) is 48.3 Å². The molecule has 0 saturated carbocycles. The highest BCUT2D eigenvalue weighted by atomic mass is 16.5. The fraction of sp³-hybridized carbons (Fsp3) is 0.474. The Morgan fingerprint density at radius 1 is 0.893 bits per heavy atom. The molecule has 148 valence electrons. The second-order valence-electron chi connectivity index (χ2n) is 6.68. The van der Waals surface area contributed by atoms with Crippen LogP contribution >= 0.6 is 0 Å². The largest absolute Gasteiger partial charge is 0.378 e. The SMILES string of the molecule is Cc1ccccc1C=NNc1nc(N2CCOCC2)nc(N2CCOCC2)n1. The first-order valence-electron chi connectivity index (χ1n) is 9.56. The van der Waals surface area contributed by atoms with Crippen molar-refractivity contribution in [3.05, 3.63) is 35.4 Å². The Morgan fingerprint density at radius 3 is 2.04 bits per heavy atom. The molecular formula is C19H25N7O2. The number of benzene rings is 1. The van der Waals surface area contributed by atoms with Gasteiger partial charge in [0.25, 0.3) is 0 Å². The summed E-state index contributed by atoms with van der Waals surface area (Å²) in [5.74, 6) is 1.73. The molecule has 9 nitrogen and oxygen atoms in total. The second kappa shape index (κ2) is 8.94. The number of rotatable bonds is 5. The van der Waals surface area contributed by atoms with Crippen LogP contribution in [-0.2, 0) is 9.47 Å². The lowest BCUT2D eigenvalue weighted by Gasteiger charge is -2.30. The number of nitrogens with zero attached hydrogens (tertiary/aromatic N) is 6. The molecular weight excluding hydrogens is 358 g/mol. The van der Waals surface area contributed by atoms with Gasteiger partial charge in [0.15, 0.2) is 0 Å². The number of ether oxygens (including phenoxy) is 2. The van der Waals surface area contributed by atoms with Crippen molar-refractivity contribution in [1.29, 1.82) is 0 Å². The van der Waals surface area contributed by atoms with Crippen LogP contribution in [0.25, 0.3) is 0 Å². The van der Waals surface area contributed by atoms with Gasteiger partial charge >= 0.3 is 0 Å². The number of nitrogens with one attached hydrogen (secondary N) is 1. The maximum Gasteiger partial charge on any atom is 0.250 e. The first kappa shape index (κ1) is 18.6. The summed E-state index contributed by atoms with van der Waals surface area (Å²) >= 11 is 0. The van der Waals surface area contributed by atoms with Gasteiger partial charge in [-0.15, -0.1) is 0 Å². The number of hydrazone groups is 1. The van der Waals surface area contributed by atoms with Gasteiger partial charge in [-0.3, -0.25) is 0 Å². The summed E-state index contributed by atoms with van der Waals surface area (Å²) in [6.07, 6.45) is 1.78. The molecule has 4 rings (SSSR count). The number of morpholine rings is 2. The fourth-order valence-electron chi connectivity index (χ4n) is 3.10. The van der Waals surface area contributed by atoms with Gasteiger partial charge in [-0.05, 0) is 18.1 Å². The smallest absolute Gasteiger partial charge is 0.250 e. The lowest BCUT2D eigenvalue weighted by Crippen LogP contribution is -2.40. The molecule has 2 aromatic rings. The third-order valence-electron chi connectivity index (χ3n) is 4.76. The Bertz CT molecular complexity index is 781. The standard InChI is InChI=1S/C19H25N7O2/c1-15-4-2-3-5-16(15)14-20-24-17-21-18(25-6-10-27-11-7-25)23-19(22-17)26-8-12-28-13-9-26/h2-5,14H,6-13H2,1H3,(H,21,22,23,24). The van der Waals surface area contributed by atoms with Crippen LogP contribution in [0, 0.1) is 6.92 Å². The first-order valence-corrected chi connectivity index (χ1v) is 9.56. The van der Waals surface area contributed by atoms with E-state index < -0.39 is 0 Å². The van der Waals surface area contributed by atoms with Crippen molar-refractivity contribution in [3.63, 3.8) is 0 Å². The number of aromatic nitrogens is 3. The Balaban J connectivity index is 1.56. The van der Waals surface area contributed by atoms with E-state index in [0.29, 0.717) is 44.3 Å². The predicted octanol–water partition coefficient (Wildman–Crippen LogP) is 1.30. The van der Waals surface area contributed by atoms with E-state index in [0.717, 1.165) is 37.3 Å². The van der Waals surface area contributed by atoms with Crippen LogP contribution in [0.15, 0.2) is 29.4 Å². The summed E-state index contributed by atoms with van der Waals surface area (Å²) in [5, 5.41) is 4.33. The summed E-state index contributed by atoms with van der Waals surface area (Å²) < 4.78 is 10.9. The zero-order valence-corrected chi connectivity index (χ0v) is 16.0. The van der Waals surface area contributed by atoms with Gasteiger partial charge in [-0.2, -0.15) is 20.1 Å². The second-order valence-corrected chi connectivity index (χ2v) is 6.68. The van der Waals surface area contributed by atoms with E-state index in [1.165, 1.54) is 0 Å². The molecule has 0 radical (unpaired) electrons. The predicted molar refractivity (Wildman–Crippen MR) is 108 cm³/mol. The monoisotopic (exact) mass is 383 g/mol. The summed E-state index contributed by atoms with van der Waals surface area (Å²) in [6, 6.07) is 8.07. The van der Waals surface area contributed by atoms with Crippen molar-refractivity contribution in [3.8, 4) is 0 Å². The van der Waals surface area contributed by atoms with Crippen LogP contribution in [0.1, 0.15) is 11.1 Å². The molecule has 0 aliphatic carbocycles. The molecule has 0 spiro atoms. The topological polar surface area (TPSA) is 88.0 Å². The number of hydrogen-bond acceptors (Lipinski definition) is 9. The van der Waals surface area contributed by atoms with E-state index in [4.69, 9.17) is 9.47 Å². The average Bonchev–Trinajstić information content (AvgIpc) is 2.76. The first-order chi connectivity index (χ1) is 13.8. The molecule has 3 heterocycles. The van der Waals surface area contributed by atoms with E-state index in [-0.39, 0.29) is 0 Å². The summed E-state index contributed by atoms with van der Waals surface area (Å²) in [4.78, 5) is 18.1. The van der Waals surface area contributed by atoms with Crippen LogP contribution < -0.4 is 15.2 Å². The zero-order chi connectivity index (χ0) is 19.2. The molecule has 1 aromatic heterocycles. The summed E-state index contributed by atoms with van der Waals surface area (Å²) in [7, 11) is 0. The molecule has 2 aliphatic rings. The summed E-state index contributed by atoms with van der Waals surface area (Å²) in [5.41, 5.74) is 5.18. The van der Waals surface area contributed by atoms with E-state index in [1.807, 2.05) is 18.2 Å². The molecule has 0 atom stereocenters. The minimum absolute atomic E-state index is 0.433. The maximum absolute atomic E-state index is 5.44. The van der Waals surface area contributed by atoms with Gasteiger partial charge in [-0.1, -0.05) is 24.3 Å². The quantitative estimate of drug-likeness (QED) is 0.611. The van der Waals surface area contributed by atoms with Crippen molar-refractivity contribution in [2.24, 2.45) is 5.10 Å². The maximum atomic E-state index is 5.44. The number of anilines is 3. The van der Waals surface area contributed by atoms with E-state index in [9.17, 15) is 0 Å².